The summed E-state index contributed by atoms with van der Waals surface area (Å²) < 4.78 is 5.24. The number of nitrogens with zero attached hydrogens (tertiary/aromatic N) is 2. The third-order valence-electron chi connectivity index (χ3n) is 1.49. The molecule has 0 aromatic carbocycles. The standard InChI is InChI=1S/C8H16N4O/c1-5(2)4-10-8-12-11-7(13-8)6(3)9/h5-6H,4,9H2,1-3H3,(H,10,12). The predicted octanol–water partition coefficient (Wildman–Crippen LogP) is 1.16. The Hall–Kier alpha value is -1.10. The van der Waals surface area contributed by atoms with Crippen LogP contribution in [0.5, 0.6) is 0 Å². The molecule has 13 heavy (non-hydrogen) atoms. The van der Waals surface area contributed by atoms with Crippen LogP contribution in [0.25, 0.3) is 0 Å². The Kier molecular flexibility index (Phi) is 3.25. The summed E-state index contributed by atoms with van der Waals surface area (Å²) in [6.45, 7) is 6.84. The Morgan fingerprint density at radius 3 is 2.54 bits per heavy atom. The average molecular weight is 184 g/mol. The number of nitrogens with two attached hydrogens (primary N) is 1. The topological polar surface area (TPSA) is 77.0 Å². The summed E-state index contributed by atoms with van der Waals surface area (Å²) in [7, 11) is 0. The van der Waals surface area contributed by atoms with Gasteiger partial charge in [-0.1, -0.05) is 18.9 Å². The van der Waals surface area contributed by atoms with Crippen LogP contribution in [0.2, 0.25) is 0 Å². The molecule has 0 spiro atoms. The summed E-state index contributed by atoms with van der Waals surface area (Å²) >= 11 is 0. The second-order valence-electron chi connectivity index (χ2n) is 3.51. The molecule has 1 heterocycles. The van der Waals surface area contributed by atoms with Gasteiger partial charge >= 0.3 is 6.01 Å². The van der Waals surface area contributed by atoms with Gasteiger partial charge in [-0.15, -0.1) is 5.10 Å². The zero-order valence-corrected chi connectivity index (χ0v) is 8.24. The molecule has 0 radical (unpaired) electrons. The molecule has 1 aromatic heterocycles. The van der Waals surface area contributed by atoms with E-state index in [1.807, 2.05) is 0 Å². The molecule has 5 heteroatoms. The molecule has 0 bridgehead atoms. The van der Waals surface area contributed by atoms with Crippen molar-refractivity contribution in [1.29, 1.82) is 0 Å². The predicted molar refractivity (Wildman–Crippen MR) is 50.2 cm³/mol. The van der Waals surface area contributed by atoms with E-state index in [2.05, 4.69) is 29.4 Å². The van der Waals surface area contributed by atoms with Gasteiger partial charge in [-0.2, -0.15) is 0 Å². The van der Waals surface area contributed by atoms with Gasteiger partial charge in [0, 0.05) is 6.54 Å². The second-order valence-corrected chi connectivity index (χ2v) is 3.51. The van der Waals surface area contributed by atoms with Crippen molar-refractivity contribution in [3.63, 3.8) is 0 Å². The molecule has 0 amide bonds. The van der Waals surface area contributed by atoms with Crippen LogP contribution in [-0.2, 0) is 0 Å². The monoisotopic (exact) mass is 184 g/mol. The van der Waals surface area contributed by atoms with Crippen LogP contribution in [0.1, 0.15) is 32.7 Å². The molecule has 0 aliphatic carbocycles. The highest BCUT2D eigenvalue weighted by Gasteiger charge is 2.09. The lowest BCUT2D eigenvalue weighted by Crippen LogP contribution is -2.08. The maximum absolute atomic E-state index is 5.56. The van der Waals surface area contributed by atoms with E-state index in [0.29, 0.717) is 17.8 Å². The van der Waals surface area contributed by atoms with Crippen molar-refractivity contribution in [2.45, 2.75) is 26.8 Å². The molecule has 0 saturated heterocycles. The fourth-order valence-electron chi connectivity index (χ4n) is 0.781. The molecule has 0 aliphatic rings. The fraction of sp³-hybridized carbons (Fsp3) is 0.750. The van der Waals surface area contributed by atoms with E-state index in [-0.39, 0.29) is 6.04 Å². The lowest BCUT2D eigenvalue weighted by Gasteiger charge is -2.03. The summed E-state index contributed by atoms with van der Waals surface area (Å²) in [5.74, 6) is 1.01. The summed E-state index contributed by atoms with van der Waals surface area (Å²) in [4.78, 5) is 0. The van der Waals surface area contributed by atoms with Crippen LogP contribution in [0.3, 0.4) is 0 Å². The van der Waals surface area contributed by atoms with Crippen molar-refractivity contribution in [2.75, 3.05) is 11.9 Å². The molecule has 74 valence electrons. The smallest absolute Gasteiger partial charge is 0.315 e. The van der Waals surface area contributed by atoms with Crippen molar-refractivity contribution >= 4 is 6.01 Å². The Balaban J connectivity index is 2.49. The first kappa shape index (κ1) is 9.98. The van der Waals surface area contributed by atoms with Gasteiger partial charge in [0.1, 0.15) is 0 Å². The minimum atomic E-state index is -0.206. The summed E-state index contributed by atoms with van der Waals surface area (Å²) in [6, 6.07) is 0.239. The van der Waals surface area contributed by atoms with Crippen molar-refractivity contribution in [2.24, 2.45) is 11.7 Å². The molecule has 1 rings (SSSR count). The van der Waals surface area contributed by atoms with E-state index in [4.69, 9.17) is 10.2 Å². The third-order valence-corrected chi connectivity index (χ3v) is 1.49. The Bertz CT molecular complexity index is 256. The zero-order valence-electron chi connectivity index (χ0n) is 8.24. The van der Waals surface area contributed by atoms with Crippen molar-refractivity contribution < 1.29 is 4.42 Å². The third kappa shape index (κ3) is 3.02. The molecule has 0 saturated carbocycles. The van der Waals surface area contributed by atoms with Gasteiger partial charge in [-0.05, 0) is 12.8 Å². The highest BCUT2D eigenvalue weighted by Crippen LogP contribution is 2.11. The number of aromatic nitrogens is 2. The fourth-order valence-corrected chi connectivity index (χ4v) is 0.781. The number of hydrogen-bond donors (Lipinski definition) is 2. The van der Waals surface area contributed by atoms with E-state index < -0.39 is 0 Å². The van der Waals surface area contributed by atoms with Crippen LogP contribution in [-0.4, -0.2) is 16.7 Å². The maximum Gasteiger partial charge on any atom is 0.315 e. The van der Waals surface area contributed by atoms with E-state index in [0.717, 1.165) is 6.54 Å². The minimum absolute atomic E-state index is 0.206. The van der Waals surface area contributed by atoms with Crippen LogP contribution in [0, 0.1) is 5.92 Å². The summed E-state index contributed by atoms with van der Waals surface area (Å²) in [5.41, 5.74) is 5.56. The van der Waals surface area contributed by atoms with Crippen molar-refractivity contribution in [1.82, 2.24) is 10.2 Å². The summed E-state index contributed by atoms with van der Waals surface area (Å²) in [5, 5.41) is 10.6. The number of anilines is 1. The summed E-state index contributed by atoms with van der Waals surface area (Å²) in [6.07, 6.45) is 0. The van der Waals surface area contributed by atoms with Gasteiger partial charge in [0.2, 0.25) is 5.89 Å². The molecule has 0 fully saturated rings. The van der Waals surface area contributed by atoms with E-state index in [9.17, 15) is 0 Å². The van der Waals surface area contributed by atoms with Gasteiger partial charge in [0.15, 0.2) is 0 Å². The molecule has 1 atom stereocenters. The maximum atomic E-state index is 5.56. The first-order valence-corrected chi connectivity index (χ1v) is 4.42. The number of hydrogen-bond acceptors (Lipinski definition) is 5. The Labute approximate surface area is 77.7 Å². The molecule has 5 nitrogen and oxygen atoms in total. The van der Waals surface area contributed by atoms with Crippen LogP contribution < -0.4 is 11.1 Å². The zero-order chi connectivity index (χ0) is 9.84. The van der Waals surface area contributed by atoms with Crippen molar-refractivity contribution in [3.05, 3.63) is 5.89 Å². The van der Waals surface area contributed by atoms with Gasteiger partial charge in [-0.25, -0.2) is 0 Å². The highest BCUT2D eigenvalue weighted by molar-refractivity contribution is 5.17. The first-order valence-electron chi connectivity index (χ1n) is 4.42. The quantitative estimate of drug-likeness (QED) is 0.734. The molecular formula is C8H16N4O. The van der Waals surface area contributed by atoms with E-state index >= 15 is 0 Å². The van der Waals surface area contributed by atoms with Gasteiger partial charge in [-0.3, -0.25) is 0 Å². The van der Waals surface area contributed by atoms with E-state index in [1.54, 1.807) is 6.92 Å². The van der Waals surface area contributed by atoms with Gasteiger partial charge in [0.05, 0.1) is 6.04 Å². The number of rotatable bonds is 4. The van der Waals surface area contributed by atoms with Crippen LogP contribution >= 0.6 is 0 Å². The van der Waals surface area contributed by atoms with Crippen LogP contribution in [0.15, 0.2) is 4.42 Å². The SMILES string of the molecule is CC(C)CNc1nnc(C(C)N)o1. The number of nitrogens with one attached hydrogen (secondary N) is 1. The molecule has 3 N–H and O–H groups in total. The Morgan fingerprint density at radius 2 is 2.08 bits per heavy atom. The highest BCUT2D eigenvalue weighted by atomic mass is 16.4. The Morgan fingerprint density at radius 1 is 1.38 bits per heavy atom. The molecule has 0 aliphatic heterocycles. The van der Waals surface area contributed by atoms with Gasteiger partial charge < -0.3 is 15.5 Å². The molecule has 1 unspecified atom stereocenters. The first-order chi connectivity index (χ1) is 6.09. The lowest BCUT2D eigenvalue weighted by molar-refractivity contribution is 0.470. The molecular weight excluding hydrogens is 168 g/mol. The van der Waals surface area contributed by atoms with Crippen molar-refractivity contribution in [3.8, 4) is 0 Å². The largest absolute Gasteiger partial charge is 0.406 e. The van der Waals surface area contributed by atoms with E-state index in [1.165, 1.54) is 0 Å². The van der Waals surface area contributed by atoms with Gasteiger partial charge in [0.25, 0.3) is 0 Å². The average Bonchev–Trinajstić information content (AvgIpc) is 2.48. The second kappa shape index (κ2) is 4.23. The molecule has 1 aromatic rings. The normalized spacial score (nSPS) is 13.3. The van der Waals surface area contributed by atoms with Crippen LogP contribution in [0.4, 0.5) is 6.01 Å². The minimum Gasteiger partial charge on any atom is -0.406 e. The lowest BCUT2D eigenvalue weighted by atomic mass is 10.2.